The van der Waals surface area contributed by atoms with E-state index >= 15 is 0 Å². The molecule has 6 heteroatoms. The van der Waals surface area contributed by atoms with Gasteiger partial charge in [0, 0.05) is 30.7 Å². The molecule has 1 aromatic heterocycles. The molecule has 31 heavy (non-hydrogen) atoms. The Labute approximate surface area is 187 Å². The first-order valence-corrected chi connectivity index (χ1v) is 12.0. The van der Waals surface area contributed by atoms with E-state index < -0.39 is 0 Å². The highest BCUT2D eigenvalue weighted by Gasteiger charge is 2.47. The summed E-state index contributed by atoms with van der Waals surface area (Å²) >= 11 is 6.24. The third-order valence-corrected chi connectivity index (χ3v) is 8.33. The Morgan fingerprint density at radius 1 is 1.16 bits per heavy atom. The van der Waals surface area contributed by atoms with Gasteiger partial charge in [0.05, 0.1) is 16.6 Å². The Bertz CT molecular complexity index is 1140. The van der Waals surface area contributed by atoms with Gasteiger partial charge in [0.25, 0.3) is 5.91 Å². The van der Waals surface area contributed by atoms with Crippen LogP contribution in [0.15, 0.2) is 40.8 Å². The molecule has 162 valence electrons. The summed E-state index contributed by atoms with van der Waals surface area (Å²) in [6.07, 6.45) is 11.2. The topological polar surface area (TPSA) is 56.4 Å². The maximum atomic E-state index is 13.7. The lowest BCUT2D eigenvalue weighted by Gasteiger charge is -2.54. The summed E-state index contributed by atoms with van der Waals surface area (Å²) in [6.45, 7) is 2.99. The normalized spacial score (nSPS) is 30.5. The van der Waals surface area contributed by atoms with Crippen LogP contribution in [0, 0.1) is 11.8 Å². The van der Waals surface area contributed by atoms with E-state index in [1.165, 1.54) is 37.8 Å². The molecule has 1 amide bonds. The number of nitrogens with one attached hydrogen (secondary N) is 1. The van der Waals surface area contributed by atoms with Crippen molar-refractivity contribution in [2.75, 3.05) is 19.6 Å². The van der Waals surface area contributed by atoms with Gasteiger partial charge in [0.2, 0.25) is 5.43 Å². The predicted octanol–water partition coefficient (Wildman–Crippen LogP) is 4.22. The Hall–Kier alpha value is -2.11. The number of pyridine rings is 1. The Morgan fingerprint density at radius 3 is 2.97 bits per heavy atom. The summed E-state index contributed by atoms with van der Waals surface area (Å²) in [5, 5.41) is 0.970. The zero-order chi connectivity index (χ0) is 21.1. The molecule has 3 saturated heterocycles. The maximum Gasteiger partial charge on any atom is 0.259 e. The lowest BCUT2D eigenvalue weighted by Crippen LogP contribution is -2.60. The Morgan fingerprint density at radius 2 is 2.06 bits per heavy atom. The summed E-state index contributed by atoms with van der Waals surface area (Å²) in [5.41, 5.74) is 2.02. The molecule has 0 radical (unpaired) electrons. The number of aromatic nitrogens is 1. The first kappa shape index (κ1) is 19.6. The fraction of sp³-hybridized carbons (Fsp3) is 0.520. The molecule has 0 spiro atoms. The number of piperidine rings is 3. The molecule has 3 aliphatic heterocycles. The van der Waals surface area contributed by atoms with Crippen molar-refractivity contribution in [3.05, 3.63) is 56.9 Å². The van der Waals surface area contributed by atoms with E-state index in [1.54, 1.807) is 24.4 Å². The van der Waals surface area contributed by atoms with Crippen LogP contribution < -0.4 is 5.43 Å². The standard InChI is InChI=1S/C25H28ClN3O2/c26-20-7-3-6-18-22(20)27-13-19(24(18)30)25(31)29-10-4-5-15-11-16-12-17(23(15)29)14-28-9-2-1-8-21(16)28/h3,6-7,11,13,16-17,21,23H,1-2,4-5,8-10,12,14H2,(H,27,30)/t16-,17+,21?,23?/m1/s1. The summed E-state index contributed by atoms with van der Waals surface area (Å²) < 4.78 is 0. The number of rotatable bonds is 1. The van der Waals surface area contributed by atoms with Crippen LogP contribution >= 0.6 is 11.6 Å². The van der Waals surface area contributed by atoms with Gasteiger partial charge in [-0.2, -0.15) is 0 Å². The lowest BCUT2D eigenvalue weighted by molar-refractivity contribution is 0.00143. The predicted molar refractivity (Wildman–Crippen MR) is 123 cm³/mol. The number of para-hydroxylation sites is 1. The first-order valence-electron chi connectivity index (χ1n) is 11.7. The van der Waals surface area contributed by atoms with E-state index in [2.05, 4.69) is 16.0 Å². The molecule has 4 aliphatic rings. The number of benzene rings is 1. The molecule has 1 N–H and O–H groups in total. The minimum atomic E-state index is -0.231. The fourth-order valence-corrected chi connectivity index (χ4v) is 6.96. The first-order chi connectivity index (χ1) is 15.1. The summed E-state index contributed by atoms with van der Waals surface area (Å²) in [5.74, 6) is 0.960. The maximum absolute atomic E-state index is 13.7. The van der Waals surface area contributed by atoms with Gasteiger partial charge in [-0.05, 0) is 62.6 Å². The molecule has 4 atom stereocenters. The highest BCUT2D eigenvalue weighted by molar-refractivity contribution is 6.35. The third-order valence-electron chi connectivity index (χ3n) is 8.01. The van der Waals surface area contributed by atoms with E-state index in [9.17, 15) is 9.59 Å². The Kier molecular flexibility index (Phi) is 4.73. The van der Waals surface area contributed by atoms with E-state index in [-0.39, 0.29) is 22.9 Å². The number of carbonyl (C=O) groups is 1. The minimum absolute atomic E-state index is 0.134. The fourth-order valence-electron chi connectivity index (χ4n) is 6.73. The zero-order valence-corrected chi connectivity index (χ0v) is 18.4. The number of fused-ring (bicyclic) bond motifs is 7. The molecule has 0 saturated carbocycles. The molecular weight excluding hydrogens is 410 g/mol. The number of carbonyl (C=O) groups excluding carboxylic acids is 1. The second-order valence-electron chi connectivity index (χ2n) is 9.70. The van der Waals surface area contributed by atoms with Crippen LogP contribution in [-0.2, 0) is 0 Å². The van der Waals surface area contributed by atoms with Gasteiger partial charge in [-0.1, -0.05) is 35.7 Å². The van der Waals surface area contributed by atoms with Crippen LogP contribution in [-0.4, -0.2) is 52.4 Å². The monoisotopic (exact) mass is 437 g/mol. The van der Waals surface area contributed by atoms with Crippen molar-refractivity contribution in [2.45, 2.75) is 50.6 Å². The van der Waals surface area contributed by atoms with Crippen LogP contribution in [0.1, 0.15) is 48.9 Å². The highest BCUT2D eigenvalue weighted by Crippen LogP contribution is 2.45. The van der Waals surface area contributed by atoms with Crippen LogP contribution in [0.2, 0.25) is 5.02 Å². The van der Waals surface area contributed by atoms with Crippen LogP contribution in [0.3, 0.4) is 0 Å². The van der Waals surface area contributed by atoms with Crippen LogP contribution in [0.25, 0.3) is 10.9 Å². The summed E-state index contributed by atoms with van der Waals surface area (Å²) in [4.78, 5) is 34.6. The second-order valence-corrected chi connectivity index (χ2v) is 10.1. The average Bonchev–Trinajstić information content (AvgIpc) is 2.79. The smallest absolute Gasteiger partial charge is 0.259 e. The van der Waals surface area contributed by atoms with Gasteiger partial charge >= 0.3 is 0 Å². The van der Waals surface area contributed by atoms with Gasteiger partial charge < -0.3 is 9.88 Å². The summed E-state index contributed by atoms with van der Waals surface area (Å²) in [7, 11) is 0. The van der Waals surface area contributed by atoms with Gasteiger partial charge in [-0.3, -0.25) is 14.5 Å². The average molecular weight is 438 g/mol. The van der Waals surface area contributed by atoms with E-state index in [1.807, 2.05) is 4.90 Å². The van der Waals surface area contributed by atoms with Gasteiger partial charge in [-0.15, -0.1) is 0 Å². The molecule has 2 unspecified atom stereocenters. The van der Waals surface area contributed by atoms with E-state index in [4.69, 9.17) is 11.6 Å². The molecule has 2 aromatic rings. The number of aromatic amines is 1. The van der Waals surface area contributed by atoms with Crippen molar-refractivity contribution in [1.29, 1.82) is 0 Å². The van der Waals surface area contributed by atoms with Crippen molar-refractivity contribution < 1.29 is 4.79 Å². The Balaban J connectivity index is 1.37. The molecule has 1 aromatic carbocycles. The second kappa shape index (κ2) is 7.49. The van der Waals surface area contributed by atoms with Crippen molar-refractivity contribution in [2.24, 2.45) is 11.8 Å². The SMILES string of the molecule is O=C(c1c[nH]c2c(Cl)cccc2c1=O)N1CCCC2=C[C@@H]3C[C@@H](CN4CCCCC34)C21. The van der Waals surface area contributed by atoms with Crippen molar-refractivity contribution in [3.63, 3.8) is 0 Å². The van der Waals surface area contributed by atoms with Crippen molar-refractivity contribution in [3.8, 4) is 0 Å². The van der Waals surface area contributed by atoms with Gasteiger partial charge in [-0.25, -0.2) is 0 Å². The number of likely N-dealkylation sites (tertiary alicyclic amines) is 1. The molecule has 1 aliphatic carbocycles. The molecule has 4 heterocycles. The third kappa shape index (κ3) is 3.08. The van der Waals surface area contributed by atoms with Gasteiger partial charge in [0.1, 0.15) is 5.56 Å². The number of halogens is 1. The van der Waals surface area contributed by atoms with Gasteiger partial charge in [0.15, 0.2) is 0 Å². The van der Waals surface area contributed by atoms with Crippen LogP contribution in [0.5, 0.6) is 0 Å². The molecule has 2 bridgehead atoms. The van der Waals surface area contributed by atoms with E-state index in [0.717, 1.165) is 25.9 Å². The van der Waals surface area contributed by atoms with E-state index in [0.29, 0.717) is 33.8 Å². The molecule has 6 rings (SSSR count). The number of amides is 1. The quantitative estimate of drug-likeness (QED) is 0.679. The molecular formula is C25H28ClN3O2. The number of nitrogens with zero attached hydrogens (tertiary/aromatic N) is 2. The van der Waals surface area contributed by atoms with Crippen LogP contribution in [0.4, 0.5) is 0 Å². The molecule has 5 nitrogen and oxygen atoms in total. The minimum Gasteiger partial charge on any atom is -0.359 e. The number of hydrogen-bond acceptors (Lipinski definition) is 3. The van der Waals surface area contributed by atoms with Crippen molar-refractivity contribution >= 4 is 28.4 Å². The summed E-state index contributed by atoms with van der Waals surface area (Å²) in [6, 6.07) is 6.07. The molecule has 3 fully saturated rings. The largest absolute Gasteiger partial charge is 0.359 e. The number of hydrogen-bond donors (Lipinski definition) is 1. The zero-order valence-electron chi connectivity index (χ0n) is 17.6. The highest BCUT2D eigenvalue weighted by atomic mass is 35.5. The lowest BCUT2D eigenvalue weighted by atomic mass is 9.68. The number of H-pyrrole nitrogens is 1. The van der Waals surface area contributed by atoms with Crippen molar-refractivity contribution in [1.82, 2.24) is 14.8 Å².